The Morgan fingerprint density at radius 1 is 1.16 bits per heavy atom. The van der Waals surface area contributed by atoms with Gasteiger partial charge in [0.2, 0.25) is 0 Å². The molecule has 1 aromatic carbocycles. The molecular formula is C15H13IN2O. The zero-order valence-corrected chi connectivity index (χ0v) is 12.9. The molecule has 0 amide bonds. The highest BCUT2D eigenvalue weighted by Gasteiger charge is 2.12. The monoisotopic (exact) mass is 364 g/mol. The fraction of sp³-hybridized carbons (Fsp3) is 0.133. The number of methoxy groups -OCH3 is 1. The Kier molecular flexibility index (Phi) is 3.18. The van der Waals surface area contributed by atoms with Crippen LogP contribution in [0.5, 0.6) is 5.75 Å². The van der Waals surface area contributed by atoms with Gasteiger partial charge in [0.25, 0.3) is 0 Å². The number of pyridine rings is 1. The molecule has 2 heterocycles. The van der Waals surface area contributed by atoms with Crippen LogP contribution in [-0.2, 0) is 0 Å². The molecule has 2 aromatic heterocycles. The largest absolute Gasteiger partial charge is 0.497 e. The average molecular weight is 364 g/mol. The van der Waals surface area contributed by atoms with Crippen LogP contribution in [0, 0.1) is 10.6 Å². The summed E-state index contributed by atoms with van der Waals surface area (Å²) in [5.41, 5.74) is 4.31. The van der Waals surface area contributed by atoms with Gasteiger partial charge in [-0.15, -0.1) is 0 Å². The van der Waals surface area contributed by atoms with Crippen molar-refractivity contribution in [3.8, 4) is 17.0 Å². The van der Waals surface area contributed by atoms with E-state index in [9.17, 15) is 0 Å². The zero-order chi connectivity index (χ0) is 13.4. The van der Waals surface area contributed by atoms with Crippen LogP contribution in [-0.4, -0.2) is 16.5 Å². The first-order chi connectivity index (χ1) is 9.20. The summed E-state index contributed by atoms with van der Waals surface area (Å²) >= 11 is 2.34. The quantitative estimate of drug-likeness (QED) is 0.645. The van der Waals surface area contributed by atoms with Crippen molar-refractivity contribution in [2.45, 2.75) is 6.92 Å². The van der Waals surface area contributed by atoms with Gasteiger partial charge < -0.3 is 4.74 Å². The van der Waals surface area contributed by atoms with E-state index in [0.717, 1.165) is 26.4 Å². The highest BCUT2D eigenvalue weighted by Crippen LogP contribution is 2.28. The molecule has 0 saturated carbocycles. The molecular weight excluding hydrogens is 351 g/mol. The normalized spacial score (nSPS) is 10.9. The van der Waals surface area contributed by atoms with Crippen LogP contribution in [0.4, 0.5) is 0 Å². The van der Waals surface area contributed by atoms with Crippen molar-refractivity contribution in [2.24, 2.45) is 0 Å². The lowest BCUT2D eigenvalue weighted by Gasteiger charge is -2.01. The minimum atomic E-state index is 0.860. The van der Waals surface area contributed by atoms with Gasteiger partial charge in [0.1, 0.15) is 20.8 Å². The van der Waals surface area contributed by atoms with E-state index in [2.05, 4.69) is 40.0 Å². The number of aromatic nitrogens is 2. The minimum absolute atomic E-state index is 0.860. The van der Waals surface area contributed by atoms with Gasteiger partial charge in [-0.05, 0) is 65.4 Å². The van der Waals surface area contributed by atoms with Crippen LogP contribution in [0.15, 0.2) is 42.6 Å². The highest BCUT2D eigenvalue weighted by molar-refractivity contribution is 14.1. The Morgan fingerprint density at radius 3 is 2.53 bits per heavy atom. The number of nitrogens with zero attached hydrogens (tertiary/aromatic N) is 2. The molecule has 96 valence electrons. The Hall–Kier alpha value is -1.56. The predicted octanol–water partition coefficient (Wildman–Crippen LogP) is 3.92. The van der Waals surface area contributed by atoms with Crippen LogP contribution in [0.25, 0.3) is 16.9 Å². The lowest BCUT2D eigenvalue weighted by molar-refractivity contribution is 0.415. The smallest absolute Gasteiger partial charge is 0.141 e. The summed E-state index contributed by atoms with van der Waals surface area (Å²) in [5, 5.41) is 0. The van der Waals surface area contributed by atoms with Gasteiger partial charge in [-0.2, -0.15) is 0 Å². The minimum Gasteiger partial charge on any atom is -0.497 e. The summed E-state index contributed by atoms with van der Waals surface area (Å²) in [6, 6.07) is 12.1. The maximum Gasteiger partial charge on any atom is 0.141 e. The standard InChI is InChI=1S/C15H13IN2O/c1-10-4-3-9-18-14(16)13(17-15(10)18)11-5-7-12(19-2)8-6-11/h3-9H,1-2H3. The van der Waals surface area contributed by atoms with Gasteiger partial charge in [-0.1, -0.05) is 6.07 Å². The summed E-state index contributed by atoms with van der Waals surface area (Å²) in [7, 11) is 1.67. The van der Waals surface area contributed by atoms with Gasteiger partial charge in [-0.25, -0.2) is 4.98 Å². The molecule has 0 N–H and O–H groups in total. The maximum absolute atomic E-state index is 5.19. The number of benzene rings is 1. The lowest BCUT2D eigenvalue weighted by atomic mass is 10.2. The third-order valence-corrected chi connectivity index (χ3v) is 4.18. The number of hydrogen-bond donors (Lipinski definition) is 0. The van der Waals surface area contributed by atoms with E-state index in [-0.39, 0.29) is 0 Å². The van der Waals surface area contributed by atoms with Crippen molar-refractivity contribution >= 4 is 28.2 Å². The second-order valence-electron chi connectivity index (χ2n) is 4.36. The van der Waals surface area contributed by atoms with Gasteiger partial charge in [0, 0.05) is 11.8 Å². The van der Waals surface area contributed by atoms with E-state index in [1.807, 2.05) is 36.5 Å². The number of fused-ring (bicyclic) bond motifs is 1. The highest BCUT2D eigenvalue weighted by atomic mass is 127. The van der Waals surface area contributed by atoms with Gasteiger partial charge >= 0.3 is 0 Å². The summed E-state index contributed by atoms with van der Waals surface area (Å²) < 4.78 is 8.43. The molecule has 0 spiro atoms. The molecule has 0 saturated heterocycles. The van der Waals surface area contributed by atoms with Crippen molar-refractivity contribution in [3.63, 3.8) is 0 Å². The maximum atomic E-state index is 5.19. The Bertz CT molecular complexity index is 732. The van der Waals surface area contributed by atoms with Crippen LogP contribution in [0.3, 0.4) is 0 Å². The fourth-order valence-corrected chi connectivity index (χ4v) is 2.93. The van der Waals surface area contributed by atoms with Crippen molar-refractivity contribution in [1.82, 2.24) is 9.38 Å². The van der Waals surface area contributed by atoms with Gasteiger partial charge in [-0.3, -0.25) is 4.40 Å². The molecule has 3 rings (SSSR count). The molecule has 0 radical (unpaired) electrons. The topological polar surface area (TPSA) is 26.5 Å². The van der Waals surface area contributed by atoms with Crippen molar-refractivity contribution in [3.05, 3.63) is 51.9 Å². The van der Waals surface area contributed by atoms with Gasteiger partial charge in [0.05, 0.1) is 7.11 Å². The molecule has 19 heavy (non-hydrogen) atoms. The van der Waals surface area contributed by atoms with E-state index < -0.39 is 0 Å². The Morgan fingerprint density at radius 2 is 1.89 bits per heavy atom. The number of hydrogen-bond acceptors (Lipinski definition) is 2. The third kappa shape index (κ3) is 2.10. The number of aryl methyl sites for hydroxylation is 1. The summed E-state index contributed by atoms with van der Waals surface area (Å²) in [4.78, 5) is 4.75. The molecule has 3 nitrogen and oxygen atoms in total. The van der Waals surface area contributed by atoms with E-state index >= 15 is 0 Å². The molecule has 0 bridgehead atoms. The van der Waals surface area contributed by atoms with Gasteiger partial charge in [0.15, 0.2) is 0 Å². The van der Waals surface area contributed by atoms with Crippen LogP contribution in [0.2, 0.25) is 0 Å². The number of ether oxygens (including phenoxy) is 1. The van der Waals surface area contributed by atoms with Crippen LogP contribution < -0.4 is 4.74 Å². The summed E-state index contributed by atoms with van der Waals surface area (Å²) in [5.74, 6) is 0.860. The van der Waals surface area contributed by atoms with E-state index in [1.54, 1.807) is 7.11 Å². The zero-order valence-electron chi connectivity index (χ0n) is 10.7. The second kappa shape index (κ2) is 4.85. The molecule has 0 unspecified atom stereocenters. The van der Waals surface area contributed by atoms with E-state index in [4.69, 9.17) is 9.72 Å². The first-order valence-electron chi connectivity index (χ1n) is 5.98. The second-order valence-corrected chi connectivity index (χ2v) is 5.39. The van der Waals surface area contributed by atoms with Crippen molar-refractivity contribution in [1.29, 1.82) is 0 Å². The predicted molar refractivity (Wildman–Crippen MR) is 84.6 cm³/mol. The molecule has 0 aliphatic rings. The van der Waals surface area contributed by atoms with Crippen LogP contribution in [0.1, 0.15) is 5.56 Å². The van der Waals surface area contributed by atoms with E-state index in [0.29, 0.717) is 0 Å². The number of halogens is 1. The lowest BCUT2D eigenvalue weighted by Crippen LogP contribution is -1.88. The Labute approximate surface area is 125 Å². The number of rotatable bonds is 2. The van der Waals surface area contributed by atoms with Crippen LogP contribution >= 0.6 is 22.6 Å². The molecule has 3 aromatic rings. The molecule has 0 fully saturated rings. The molecule has 0 aliphatic heterocycles. The molecule has 0 atom stereocenters. The average Bonchev–Trinajstić information content (AvgIpc) is 2.78. The van der Waals surface area contributed by atoms with Crippen molar-refractivity contribution in [2.75, 3.05) is 7.11 Å². The molecule has 4 heteroatoms. The SMILES string of the molecule is COc1ccc(-c2nc3c(C)cccn3c2I)cc1. The fourth-order valence-electron chi connectivity index (χ4n) is 2.11. The third-order valence-electron chi connectivity index (χ3n) is 3.15. The van der Waals surface area contributed by atoms with Crippen molar-refractivity contribution < 1.29 is 4.74 Å². The first kappa shape index (κ1) is 12.5. The first-order valence-corrected chi connectivity index (χ1v) is 7.06. The van der Waals surface area contributed by atoms with E-state index in [1.165, 1.54) is 5.56 Å². The summed E-state index contributed by atoms with van der Waals surface area (Å²) in [6.07, 6.45) is 2.05. The number of imidazole rings is 1. The molecule has 0 aliphatic carbocycles. The Balaban J connectivity index is 2.19. The summed E-state index contributed by atoms with van der Waals surface area (Å²) in [6.45, 7) is 2.08.